The first kappa shape index (κ1) is 27.7. The molecule has 2 aromatic carbocycles. The molecule has 3 aromatic rings. The second-order valence-corrected chi connectivity index (χ2v) is 10.9. The van der Waals surface area contributed by atoms with Gasteiger partial charge in [0.05, 0.1) is 20.8 Å². The van der Waals surface area contributed by atoms with E-state index in [-0.39, 0.29) is 24.4 Å². The SMILES string of the molecule is COc1ccc(CCN(Cc2cccs2)C(=O)CN(C(=O)c2ccccc2C)C2CCCCC2)cc1OC. The molecule has 0 radical (unpaired) electrons. The highest BCUT2D eigenvalue weighted by molar-refractivity contribution is 7.09. The predicted molar refractivity (Wildman–Crippen MR) is 152 cm³/mol. The van der Waals surface area contributed by atoms with Gasteiger partial charge in [0.1, 0.15) is 6.54 Å². The van der Waals surface area contributed by atoms with Crippen LogP contribution in [0, 0.1) is 6.92 Å². The normalized spacial score (nSPS) is 13.7. The van der Waals surface area contributed by atoms with Crippen LogP contribution in [0.2, 0.25) is 0 Å². The Morgan fingerprint density at radius 1 is 0.947 bits per heavy atom. The van der Waals surface area contributed by atoms with Gasteiger partial charge in [0.2, 0.25) is 5.91 Å². The van der Waals surface area contributed by atoms with Gasteiger partial charge in [-0.3, -0.25) is 9.59 Å². The van der Waals surface area contributed by atoms with Gasteiger partial charge < -0.3 is 19.3 Å². The van der Waals surface area contributed by atoms with Crippen LogP contribution in [0.15, 0.2) is 60.0 Å². The Morgan fingerprint density at radius 3 is 2.39 bits per heavy atom. The summed E-state index contributed by atoms with van der Waals surface area (Å²) in [5, 5.41) is 2.03. The molecule has 1 saturated carbocycles. The maximum Gasteiger partial charge on any atom is 0.254 e. The van der Waals surface area contributed by atoms with Crippen LogP contribution in [0.3, 0.4) is 0 Å². The Bertz CT molecular complexity index is 1200. The standard InChI is InChI=1S/C31H38N2O4S/c1-23-10-7-8-14-27(23)31(35)33(25-11-5-4-6-12-25)22-30(34)32(21-26-13-9-19-38-26)18-17-24-15-16-28(36-2)29(20-24)37-3/h7-10,13-16,19-20,25H,4-6,11-12,17-18,21-22H2,1-3H3. The fraction of sp³-hybridized carbons (Fsp3) is 0.419. The maximum atomic E-state index is 13.9. The number of nitrogens with zero attached hydrogens (tertiary/aromatic N) is 2. The van der Waals surface area contributed by atoms with Gasteiger partial charge in [-0.2, -0.15) is 0 Å². The van der Waals surface area contributed by atoms with E-state index in [1.807, 2.05) is 70.6 Å². The van der Waals surface area contributed by atoms with E-state index in [0.29, 0.717) is 36.6 Å². The molecule has 38 heavy (non-hydrogen) atoms. The molecule has 0 spiro atoms. The lowest BCUT2D eigenvalue weighted by Gasteiger charge is -2.36. The summed E-state index contributed by atoms with van der Waals surface area (Å²) >= 11 is 1.64. The second kappa shape index (κ2) is 13.5. The molecule has 1 fully saturated rings. The van der Waals surface area contributed by atoms with Gasteiger partial charge >= 0.3 is 0 Å². The van der Waals surface area contributed by atoms with Crippen molar-refractivity contribution in [2.75, 3.05) is 27.3 Å². The first-order valence-electron chi connectivity index (χ1n) is 13.4. The Labute approximate surface area is 230 Å². The summed E-state index contributed by atoms with van der Waals surface area (Å²) in [5.41, 5.74) is 2.68. The smallest absolute Gasteiger partial charge is 0.254 e. The molecule has 1 heterocycles. The van der Waals surface area contributed by atoms with Gasteiger partial charge in [-0.05, 0) is 67.0 Å². The van der Waals surface area contributed by atoms with Crippen molar-refractivity contribution in [1.82, 2.24) is 9.80 Å². The summed E-state index contributed by atoms with van der Waals surface area (Å²) in [6.07, 6.45) is 5.94. The van der Waals surface area contributed by atoms with Crippen LogP contribution >= 0.6 is 11.3 Å². The van der Waals surface area contributed by atoms with Gasteiger partial charge in [0.15, 0.2) is 11.5 Å². The quantitative estimate of drug-likeness (QED) is 0.297. The molecule has 1 aliphatic rings. The Kier molecular flexibility index (Phi) is 9.82. The van der Waals surface area contributed by atoms with Gasteiger partial charge in [0.25, 0.3) is 5.91 Å². The number of hydrogen-bond donors (Lipinski definition) is 0. The second-order valence-electron chi connectivity index (χ2n) is 9.87. The Balaban J connectivity index is 1.55. The molecule has 1 aliphatic carbocycles. The van der Waals surface area contributed by atoms with Gasteiger partial charge in [0, 0.05) is 23.0 Å². The molecule has 6 nitrogen and oxygen atoms in total. The first-order chi connectivity index (χ1) is 18.5. The summed E-state index contributed by atoms with van der Waals surface area (Å²) in [7, 11) is 3.24. The van der Waals surface area contributed by atoms with E-state index in [4.69, 9.17) is 9.47 Å². The molecule has 4 rings (SSSR count). The van der Waals surface area contributed by atoms with Gasteiger partial charge in [-0.25, -0.2) is 0 Å². The largest absolute Gasteiger partial charge is 0.493 e. The molecule has 1 aromatic heterocycles. The number of carbonyl (C=O) groups is 2. The van der Waals surface area contributed by atoms with Crippen LogP contribution in [0.25, 0.3) is 0 Å². The van der Waals surface area contributed by atoms with Crippen molar-refractivity contribution in [3.05, 3.63) is 81.5 Å². The molecule has 0 aliphatic heterocycles. The lowest BCUT2D eigenvalue weighted by Crippen LogP contribution is -2.48. The number of rotatable bonds is 11. The summed E-state index contributed by atoms with van der Waals surface area (Å²) in [6.45, 7) is 3.12. The van der Waals surface area contributed by atoms with E-state index in [1.165, 1.54) is 6.42 Å². The number of ether oxygens (including phenoxy) is 2. The van der Waals surface area contributed by atoms with E-state index < -0.39 is 0 Å². The van der Waals surface area contributed by atoms with Crippen molar-refractivity contribution in [3.63, 3.8) is 0 Å². The highest BCUT2D eigenvalue weighted by atomic mass is 32.1. The van der Waals surface area contributed by atoms with Gasteiger partial charge in [-0.15, -0.1) is 11.3 Å². The number of benzene rings is 2. The molecular weight excluding hydrogens is 496 g/mol. The van der Waals surface area contributed by atoms with Crippen LogP contribution in [-0.4, -0.2) is 55.0 Å². The van der Waals surface area contributed by atoms with Gasteiger partial charge in [-0.1, -0.05) is 49.6 Å². The molecule has 0 saturated heterocycles. The van der Waals surface area contributed by atoms with Crippen molar-refractivity contribution < 1.29 is 19.1 Å². The van der Waals surface area contributed by atoms with Crippen LogP contribution in [0.4, 0.5) is 0 Å². The highest BCUT2D eigenvalue weighted by Crippen LogP contribution is 2.28. The van der Waals surface area contributed by atoms with Crippen molar-refractivity contribution in [3.8, 4) is 11.5 Å². The third-order valence-corrected chi connectivity index (χ3v) is 8.22. The summed E-state index contributed by atoms with van der Waals surface area (Å²) < 4.78 is 10.8. The topological polar surface area (TPSA) is 59.1 Å². The number of methoxy groups -OCH3 is 2. The van der Waals surface area contributed by atoms with E-state index in [2.05, 4.69) is 6.07 Å². The van der Waals surface area contributed by atoms with E-state index >= 15 is 0 Å². The summed E-state index contributed by atoms with van der Waals surface area (Å²) in [4.78, 5) is 32.5. The monoisotopic (exact) mass is 534 g/mol. The first-order valence-corrected chi connectivity index (χ1v) is 14.3. The molecule has 202 valence electrons. The third-order valence-electron chi connectivity index (χ3n) is 7.36. The summed E-state index contributed by atoms with van der Waals surface area (Å²) in [5.74, 6) is 1.29. The molecule has 0 bridgehead atoms. The van der Waals surface area contributed by atoms with Crippen molar-refractivity contribution in [2.45, 2.75) is 58.0 Å². The van der Waals surface area contributed by atoms with E-state index in [1.54, 1.807) is 25.6 Å². The highest BCUT2D eigenvalue weighted by Gasteiger charge is 2.30. The zero-order chi connectivity index (χ0) is 26.9. The minimum absolute atomic E-state index is 0.0219. The van der Waals surface area contributed by atoms with E-state index in [0.717, 1.165) is 41.7 Å². The fourth-order valence-corrected chi connectivity index (χ4v) is 5.87. The summed E-state index contributed by atoms with van der Waals surface area (Å²) in [6, 6.07) is 17.7. The fourth-order valence-electron chi connectivity index (χ4n) is 5.16. The average Bonchev–Trinajstić information content (AvgIpc) is 3.47. The number of hydrogen-bond acceptors (Lipinski definition) is 5. The van der Waals surface area contributed by atoms with Crippen LogP contribution < -0.4 is 9.47 Å². The zero-order valence-corrected chi connectivity index (χ0v) is 23.5. The van der Waals surface area contributed by atoms with Crippen molar-refractivity contribution in [2.24, 2.45) is 0 Å². The lowest BCUT2D eigenvalue weighted by atomic mass is 9.93. The van der Waals surface area contributed by atoms with Crippen LogP contribution in [-0.2, 0) is 17.8 Å². The predicted octanol–water partition coefficient (Wildman–Crippen LogP) is 6.12. The molecular formula is C31H38N2O4S. The Hall–Kier alpha value is -3.32. The molecule has 0 unspecified atom stereocenters. The molecule has 0 atom stereocenters. The molecule has 7 heteroatoms. The minimum atomic E-state index is -0.0423. The number of amides is 2. The number of carbonyl (C=O) groups excluding carboxylic acids is 2. The van der Waals surface area contributed by atoms with E-state index in [9.17, 15) is 9.59 Å². The number of aryl methyl sites for hydroxylation is 1. The third kappa shape index (κ3) is 6.95. The Morgan fingerprint density at radius 2 is 1.71 bits per heavy atom. The van der Waals surface area contributed by atoms with Crippen molar-refractivity contribution >= 4 is 23.2 Å². The minimum Gasteiger partial charge on any atom is -0.493 e. The lowest BCUT2D eigenvalue weighted by molar-refractivity contribution is -0.133. The molecule has 0 N–H and O–H groups in total. The number of thiophene rings is 1. The maximum absolute atomic E-state index is 13.9. The van der Waals surface area contributed by atoms with Crippen LogP contribution in [0.5, 0.6) is 11.5 Å². The van der Waals surface area contributed by atoms with Crippen LogP contribution in [0.1, 0.15) is 58.5 Å². The molecule has 2 amide bonds. The van der Waals surface area contributed by atoms with Crippen molar-refractivity contribution in [1.29, 1.82) is 0 Å². The average molecular weight is 535 g/mol. The zero-order valence-electron chi connectivity index (χ0n) is 22.7.